The molecular weight excluding hydrogens is 299 g/mol. The van der Waals surface area contributed by atoms with Gasteiger partial charge in [0, 0.05) is 10.4 Å². The molecule has 3 nitrogen and oxygen atoms in total. The Morgan fingerprint density at radius 2 is 2.18 bits per heavy atom. The number of aryl methyl sites for hydroxylation is 1. The van der Waals surface area contributed by atoms with Crippen LogP contribution in [-0.2, 0) is 10.3 Å². The van der Waals surface area contributed by atoms with E-state index in [4.69, 9.17) is 0 Å². The topological polar surface area (TPSA) is 42.0 Å². The van der Waals surface area contributed by atoms with Crippen molar-refractivity contribution in [3.05, 3.63) is 52.6 Å². The number of carbonyl (C=O) groups excluding carboxylic acids is 1. The molecule has 0 unspecified atom stereocenters. The van der Waals surface area contributed by atoms with Gasteiger partial charge in [0.05, 0.1) is 11.2 Å². The molecule has 0 saturated heterocycles. The van der Waals surface area contributed by atoms with E-state index in [0.29, 0.717) is 11.3 Å². The molecule has 3 rings (SSSR count). The number of amides is 1. The van der Waals surface area contributed by atoms with Crippen molar-refractivity contribution >= 4 is 17.2 Å². The van der Waals surface area contributed by atoms with E-state index in [1.54, 1.807) is 18.2 Å². The summed E-state index contributed by atoms with van der Waals surface area (Å²) >= 11 is 1.53. The van der Waals surface area contributed by atoms with Crippen molar-refractivity contribution in [1.29, 1.82) is 0 Å². The average Bonchev–Trinajstić information content (AvgIpc) is 2.85. The van der Waals surface area contributed by atoms with Gasteiger partial charge in [-0.15, -0.1) is 11.3 Å². The van der Waals surface area contributed by atoms with Crippen LogP contribution in [0.15, 0.2) is 36.9 Å². The van der Waals surface area contributed by atoms with Crippen molar-refractivity contribution < 1.29 is 9.18 Å². The van der Waals surface area contributed by atoms with Crippen molar-refractivity contribution in [1.82, 2.24) is 10.3 Å². The minimum absolute atomic E-state index is 0.194. The lowest BCUT2D eigenvalue weighted by Gasteiger charge is -2.40. The Bertz CT molecular complexity index is 734. The molecule has 0 aliphatic heterocycles. The van der Waals surface area contributed by atoms with E-state index >= 15 is 0 Å². The lowest BCUT2D eigenvalue weighted by atomic mass is 9.77. The van der Waals surface area contributed by atoms with Gasteiger partial charge < -0.3 is 5.32 Å². The minimum atomic E-state index is -0.412. The number of hydrogen-bond acceptors (Lipinski definition) is 3. The van der Waals surface area contributed by atoms with Crippen molar-refractivity contribution in [3.8, 4) is 11.3 Å². The van der Waals surface area contributed by atoms with E-state index in [-0.39, 0.29) is 11.7 Å². The van der Waals surface area contributed by atoms with E-state index < -0.39 is 5.54 Å². The maximum atomic E-state index is 14.0. The number of thiazole rings is 1. The fraction of sp³-hybridized carbons (Fsp3) is 0.294. The molecule has 114 valence electrons. The van der Waals surface area contributed by atoms with Gasteiger partial charge in [0.25, 0.3) is 0 Å². The number of nitrogens with zero attached hydrogens (tertiary/aromatic N) is 1. The quantitative estimate of drug-likeness (QED) is 0.868. The molecule has 1 aromatic heterocycles. The summed E-state index contributed by atoms with van der Waals surface area (Å²) in [6.07, 6.45) is 4.04. The molecule has 1 aromatic carbocycles. The molecule has 1 N–H and O–H groups in total. The van der Waals surface area contributed by atoms with Crippen LogP contribution in [0.4, 0.5) is 4.39 Å². The highest BCUT2D eigenvalue weighted by Gasteiger charge is 2.42. The first-order valence-electron chi connectivity index (χ1n) is 7.23. The van der Waals surface area contributed by atoms with Crippen LogP contribution in [0.25, 0.3) is 11.3 Å². The van der Waals surface area contributed by atoms with Gasteiger partial charge in [0.15, 0.2) is 0 Å². The second kappa shape index (κ2) is 5.65. The van der Waals surface area contributed by atoms with Gasteiger partial charge in [-0.2, -0.15) is 0 Å². The molecule has 0 atom stereocenters. The van der Waals surface area contributed by atoms with E-state index in [9.17, 15) is 9.18 Å². The highest BCUT2D eigenvalue weighted by atomic mass is 32.1. The average molecular weight is 316 g/mol. The fourth-order valence-corrected chi connectivity index (χ4v) is 3.84. The zero-order valence-corrected chi connectivity index (χ0v) is 13.2. The van der Waals surface area contributed by atoms with Crippen LogP contribution in [0.3, 0.4) is 0 Å². The first-order valence-corrected chi connectivity index (χ1v) is 8.05. The lowest BCUT2D eigenvalue weighted by Crippen LogP contribution is -2.50. The number of nitrogens with one attached hydrogen (secondary N) is 1. The van der Waals surface area contributed by atoms with Gasteiger partial charge in [-0.25, -0.2) is 9.37 Å². The minimum Gasteiger partial charge on any atom is -0.341 e. The van der Waals surface area contributed by atoms with Crippen molar-refractivity contribution in [2.24, 2.45) is 0 Å². The van der Waals surface area contributed by atoms with Gasteiger partial charge >= 0.3 is 0 Å². The first kappa shape index (κ1) is 14.9. The van der Waals surface area contributed by atoms with Crippen LogP contribution >= 0.6 is 11.3 Å². The molecule has 1 heterocycles. The molecule has 0 radical (unpaired) electrons. The van der Waals surface area contributed by atoms with E-state index in [0.717, 1.165) is 29.1 Å². The third kappa shape index (κ3) is 2.46. The van der Waals surface area contributed by atoms with Gasteiger partial charge in [-0.3, -0.25) is 4.79 Å². The zero-order chi connectivity index (χ0) is 15.7. The van der Waals surface area contributed by atoms with Gasteiger partial charge in [-0.1, -0.05) is 18.7 Å². The summed E-state index contributed by atoms with van der Waals surface area (Å²) in [5.41, 5.74) is 0.758. The van der Waals surface area contributed by atoms with Crippen molar-refractivity contribution in [2.75, 3.05) is 0 Å². The molecule has 1 aliphatic rings. The Morgan fingerprint density at radius 1 is 1.45 bits per heavy atom. The van der Waals surface area contributed by atoms with Crippen molar-refractivity contribution in [2.45, 2.75) is 31.7 Å². The van der Waals surface area contributed by atoms with Crippen LogP contribution in [0.2, 0.25) is 0 Å². The second-order valence-corrected chi connectivity index (χ2v) is 6.74. The van der Waals surface area contributed by atoms with Crippen LogP contribution in [0, 0.1) is 12.7 Å². The SMILES string of the molecule is C=CC(=O)NC1(c2nc(-c3ccccc3F)c(C)s2)CCC1. The lowest BCUT2D eigenvalue weighted by molar-refractivity contribution is -0.119. The molecule has 2 aromatic rings. The number of benzene rings is 1. The molecule has 1 aliphatic carbocycles. The smallest absolute Gasteiger partial charge is 0.244 e. The summed E-state index contributed by atoms with van der Waals surface area (Å²) in [7, 11) is 0. The number of hydrogen-bond donors (Lipinski definition) is 1. The Balaban J connectivity index is 2.00. The monoisotopic (exact) mass is 316 g/mol. The molecule has 1 saturated carbocycles. The number of carbonyl (C=O) groups is 1. The third-order valence-electron chi connectivity index (χ3n) is 4.09. The maximum Gasteiger partial charge on any atom is 0.244 e. The van der Waals surface area contributed by atoms with E-state index in [2.05, 4.69) is 16.9 Å². The summed E-state index contributed by atoms with van der Waals surface area (Å²) in [6, 6.07) is 6.64. The Labute approximate surface area is 132 Å². The number of rotatable bonds is 4. The standard InChI is InChI=1S/C17H17FN2OS/c1-3-14(21)20-17(9-6-10-17)16-19-15(11(2)22-16)12-7-4-5-8-13(12)18/h3-5,7-8H,1,6,9-10H2,2H3,(H,20,21). The van der Waals surface area contributed by atoms with Gasteiger partial charge in [0.1, 0.15) is 10.8 Å². The van der Waals surface area contributed by atoms with Crippen molar-refractivity contribution in [3.63, 3.8) is 0 Å². The van der Waals surface area contributed by atoms with Crippen LogP contribution in [0.5, 0.6) is 0 Å². The highest BCUT2D eigenvalue weighted by Crippen LogP contribution is 2.45. The molecule has 0 bridgehead atoms. The second-order valence-electron chi connectivity index (χ2n) is 5.53. The van der Waals surface area contributed by atoms with E-state index in [1.165, 1.54) is 23.5 Å². The summed E-state index contributed by atoms with van der Waals surface area (Å²) in [6.45, 7) is 5.44. The third-order valence-corrected chi connectivity index (χ3v) is 5.26. The van der Waals surface area contributed by atoms with Crippen LogP contribution in [0.1, 0.15) is 29.1 Å². The highest BCUT2D eigenvalue weighted by molar-refractivity contribution is 7.12. The summed E-state index contributed by atoms with van der Waals surface area (Å²) < 4.78 is 14.0. The van der Waals surface area contributed by atoms with Crippen LogP contribution < -0.4 is 5.32 Å². The Morgan fingerprint density at radius 3 is 2.77 bits per heavy atom. The summed E-state index contributed by atoms with van der Waals surface area (Å²) in [5.74, 6) is -0.472. The normalized spacial score (nSPS) is 15.9. The summed E-state index contributed by atoms with van der Waals surface area (Å²) in [4.78, 5) is 17.3. The Kier molecular flexibility index (Phi) is 3.83. The zero-order valence-electron chi connectivity index (χ0n) is 12.4. The molecule has 5 heteroatoms. The largest absolute Gasteiger partial charge is 0.341 e. The van der Waals surface area contributed by atoms with Gasteiger partial charge in [0.2, 0.25) is 5.91 Å². The van der Waals surface area contributed by atoms with Gasteiger partial charge in [-0.05, 0) is 44.4 Å². The van der Waals surface area contributed by atoms with Crippen LogP contribution in [-0.4, -0.2) is 10.9 Å². The molecule has 22 heavy (non-hydrogen) atoms. The Hall–Kier alpha value is -2.01. The predicted molar refractivity (Wildman–Crippen MR) is 86.1 cm³/mol. The molecule has 0 spiro atoms. The maximum absolute atomic E-state index is 14.0. The molecular formula is C17H17FN2OS. The molecule has 1 fully saturated rings. The number of aromatic nitrogens is 1. The van der Waals surface area contributed by atoms with E-state index in [1.807, 2.05) is 6.92 Å². The predicted octanol–water partition coefficient (Wildman–Crippen LogP) is 3.94. The summed E-state index contributed by atoms with van der Waals surface area (Å²) in [5, 5.41) is 3.85. The molecule has 1 amide bonds. The fourth-order valence-electron chi connectivity index (χ4n) is 2.71. The number of halogens is 1. The first-order chi connectivity index (χ1) is 10.6.